The van der Waals surface area contributed by atoms with Crippen LogP contribution in [0.5, 0.6) is 5.75 Å². The highest BCUT2D eigenvalue weighted by molar-refractivity contribution is 6.05. The number of para-hydroxylation sites is 2. The summed E-state index contributed by atoms with van der Waals surface area (Å²) in [4.78, 5) is 12.1. The van der Waals surface area contributed by atoms with E-state index in [1.165, 1.54) is 0 Å². The first-order valence-electron chi connectivity index (χ1n) is 5.72. The normalized spacial score (nSPS) is 9.89. The van der Waals surface area contributed by atoms with Gasteiger partial charge in [-0.15, -0.1) is 0 Å². The van der Waals surface area contributed by atoms with Crippen molar-refractivity contribution in [3.05, 3.63) is 59.7 Å². The summed E-state index contributed by atoms with van der Waals surface area (Å²) in [5.41, 5.74) is 2.29. The number of anilines is 1. The molecule has 3 nitrogen and oxygen atoms in total. The lowest BCUT2D eigenvalue weighted by molar-refractivity contribution is 0.102. The van der Waals surface area contributed by atoms with Crippen molar-refractivity contribution < 1.29 is 9.53 Å². The topological polar surface area (TPSA) is 38.3 Å². The Labute approximate surface area is 106 Å². The molecule has 0 aromatic heterocycles. The van der Waals surface area contributed by atoms with Gasteiger partial charge in [-0.2, -0.15) is 0 Å². The average Bonchev–Trinajstić information content (AvgIpc) is 2.39. The van der Waals surface area contributed by atoms with Gasteiger partial charge in [0.2, 0.25) is 0 Å². The highest BCUT2D eigenvalue weighted by atomic mass is 16.5. The van der Waals surface area contributed by atoms with Gasteiger partial charge in [0, 0.05) is 5.56 Å². The van der Waals surface area contributed by atoms with Gasteiger partial charge in [-0.3, -0.25) is 4.79 Å². The number of benzene rings is 2. The quantitative estimate of drug-likeness (QED) is 0.895. The van der Waals surface area contributed by atoms with Crippen LogP contribution < -0.4 is 10.1 Å². The van der Waals surface area contributed by atoms with Gasteiger partial charge in [0.1, 0.15) is 5.75 Å². The van der Waals surface area contributed by atoms with Crippen LogP contribution in [0.1, 0.15) is 15.9 Å². The number of methoxy groups -OCH3 is 1. The third-order valence-corrected chi connectivity index (χ3v) is 2.74. The van der Waals surface area contributed by atoms with Gasteiger partial charge in [0.25, 0.3) is 5.91 Å². The van der Waals surface area contributed by atoms with Gasteiger partial charge in [-0.25, -0.2) is 0 Å². The number of carbonyl (C=O) groups is 1. The van der Waals surface area contributed by atoms with Crippen molar-refractivity contribution in [1.29, 1.82) is 0 Å². The summed E-state index contributed by atoms with van der Waals surface area (Å²) in [6.45, 7) is 1.91. The first kappa shape index (κ1) is 12.2. The minimum absolute atomic E-state index is 0.127. The molecule has 18 heavy (non-hydrogen) atoms. The van der Waals surface area contributed by atoms with Gasteiger partial charge >= 0.3 is 0 Å². The largest absolute Gasteiger partial charge is 0.495 e. The van der Waals surface area contributed by atoms with Gasteiger partial charge in [-0.1, -0.05) is 30.3 Å². The van der Waals surface area contributed by atoms with Crippen LogP contribution in [0.3, 0.4) is 0 Å². The maximum atomic E-state index is 12.1. The number of amides is 1. The van der Waals surface area contributed by atoms with E-state index in [1.54, 1.807) is 13.2 Å². The number of carbonyl (C=O) groups excluding carboxylic acids is 1. The Morgan fingerprint density at radius 1 is 1.06 bits per heavy atom. The van der Waals surface area contributed by atoms with Crippen molar-refractivity contribution in [2.45, 2.75) is 6.92 Å². The number of ether oxygens (including phenoxy) is 1. The van der Waals surface area contributed by atoms with Crippen LogP contribution in [-0.2, 0) is 0 Å². The summed E-state index contributed by atoms with van der Waals surface area (Å²) in [5, 5.41) is 2.85. The molecule has 0 spiro atoms. The molecule has 0 aliphatic carbocycles. The van der Waals surface area contributed by atoms with Crippen LogP contribution in [0, 0.1) is 6.92 Å². The van der Waals surface area contributed by atoms with Crippen LogP contribution in [0.15, 0.2) is 48.5 Å². The average molecular weight is 241 g/mol. The van der Waals surface area contributed by atoms with Crippen LogP contribution in [-0.4, -0.2) is 13.0 Å². The molecule has 3 heteroatoms. The molecule has 0 heterocycles. The third-order valence-electron chi connectivity index (χ3n) is 2.74. The second kappa shape index (κ2) is 5.36. The zero-order valence-electron chi connectivity index (χ0n) is 10.4. The molecule has 0 bridgehead atoms. The molecule has 2 aromatic rings. The molecular weight excluding hydrogens is 226 g/mol. The molecule has 0 saturated heterocycles. The van der Waals surface area contributed by atoms with E-state index in [4.69, 9.17) is 4.74 Å². The molecule has 0 aliphatic heterocycles. The smallest absolute Gasteiger partial charge is 0.256 e. The minimum Gasteiger partial charge on any atom is -0.495 e. The third kappa shape index (κ3) is 2.51. The van der Waals surface area contributed by atoms with Crippen LogP contribution >= 0.6 is 0 Å². The van der Waals surface area contributed by atoms with Crippen molar-refractivity contribution in [1.82, 2.24) is 0 Å². The number of hydrogen-bond acceptors (Lipinski definition) is 2. The number of hydrogen-bond donors (Lipinski definition) is 1. The summed E-state index contributed by atoms with van der Waals surface area (Å²) in [5.74, 6) is 0.525. The predicted octanol–water partition coefficient (Wildman–Crippen LogP) is 3.26. The Balaban J connectivity index is 2.24. The minimum atomic E-state index is -0.127. The van der Waals surface area contributed by atoms with Crippen molar-refractivity contribution in [3.8, 4) is 5.75 Å². The van der Waals surface area contributed by atoms with E-state index in [9.17, 15) is 4.79 Å². The second-order valence-corrected chi connectivity index (χ2v) is 3.97. The van der Waals surface area contributed by atoms with Gasteiger partial charge in [0.15, 0.2) is 0 Å². The van der Waals surface area contributed by atoms with E-state index < -0.39 is 0 Å². The Morgan fingerprint density at radius 3 is 2.44 bits per heavy atom. The maximum Gasteiger partial charge on any atom is 0.256 e. The fourth-order valence-electron chi connectivity index (χ4n) is 1.77. The first-order chi connectivity index (χ1) is 8.72. The molecule has 0 aliphatic rings. The maximum absolute atomic E-state index is 12.1. The van der Waals surface area contributed by atoms with Crippen molar-refractivity contribution >= 4 is 11.6 Å². The molecule has 0 radical (unpaired) electrons. The van der Waals surface area contributed by atoms with E-state index >= 15 is 0 Å². The van der Waals surface area contributed by atoms with Crippen LogP contribution in [0.25, 0.3) is 0 Å². The predicted molar refractivity (Wildman–Crippen MR) is 72.1 cm³/mol. The summed E-state index contributed by atoms with van der Waals surface area (Å²) in [7, 11) is 1.58. The zero-order valence-corrected chi connectivity index (χ0v) is 10.4. The summed E-state index contributed by atoms with van der Waals surface area (Å²) in [6, 6.07) is 14.8. The highest BCUT2D eigenvalue weighted by Gasteiger charge is 2.10. The monoisotopic (exact) mass is 241 g/mol. The molecular formula is C15H15NO2. The van der Waals surface area contributed by atoms with Crippen LogP contribution in [0.2, 0.25) is 0 Å². The van der Waals surface area contributed by atoms with Gasteiger partial charge < -0.3 is 10.1 Å². The van der Waals surface area contributed by atoms with Crippen molar-refractivity contribution in [2.75, 3.05) is 12.4 Å². The Hall–Kier alpha value is -2.29. The van der Waals surface area contributed by atoms with E-state index in [0.717, 1.165) is 5.56 Å². The lowest BCUT2D eigenvalue weighted by atomic mass is 10.1. The molecule has 0 saturated carbocycles. The number of nitrogens with one attached hydrogen (secondary N) is 1. The van der Waals surface area contributed by atoms with Crippen LogP contribution in [0.4, 0.5) is 5.69 Å². The fourth-order valence-corrected chi connectivity index (χ4v) is 1.77. The van der Waals surface area contributed by atoms with E-state index in [1.807, 2.05) is 49.4 Å². The lowest BCUT2D eigenvalue weighted by Gasteiger charge is -2.10. The molecule has 1 N–H and O–H groups in total. The summed E-state index contributed by atoms with van der Waals surface area (Å²) in [6.07, 6.45) is 0. The van der Waals surface area contributed by atoms with Gasteiger partial charge in [-0.05, 0) is 30.7 Å². The van der Waals surface area contributed by atoms with Gasteiger partial charge in [0.05, 0.1) is 12.8 Å². The zero-order chi connectivity index (χ0) is 13.0. The Bertz CT molecular complexity index is 564. The molecule has 1 amide bonds. The van der Waals surface area contributed by atoms with E-state index in [-0.39, 0.29) is 5.91 Å². The molecule has 2 rings (SSSR count). The summed E-state index contributed by atoms with van der Waals surface area (Å²) < 4.78 is 5.20. The Morgan fingerprint density at radius 2 is 1.72 bits per heavy atom. The SMILES string of the molecule is COc1ccccc1NC(=O)c1ccccc1C. The molecule has 92 valence electrons. The molecule has 0 unspecified atom stereocenters. The van der Waals surface area contributed by atoms with E-state index in [2.05, 4.69) is 5.32 Å². The van der Waals surface area contributed by atoms with Crippen molar-refractivity contribution in [3.63, 3.8) is 0 Å². The lowest BCUT2D eigenvalue weighted by Crippen LogP contribution is -2.13. The highest BCUT2D eigenvalue weighted by Crippen LogP contribution is 2.23. The number of aryl methyl sites for hydroxylation is 1. The van der Waals surface area contributed by atoms with E-state index in [0.29, 0.717) is 17.0 Å². The molecule has 0 atom stereocenters. The second-order valence-electron chi connectivity index (χ2n) is 3.97. The van der Waals surface area contributed by atoms with Crippen molar-refractivity contribution in [2.24, 2.45) is 0 Å². The standard InChI is InChI=1S/C15H15NO2/c1-11-7-3-4-8-12(11)15(17)16-13-9-5-6-10-14(13)18-2/h3-10H,1-2H3,(H,16,17). The fraction of sp³-hybridized carbons (Fsp3) is 0.133. The summed E-state index contributed by atoms with van der Waals surface area (Å²) >= 11 is 0. The molecule has 2 aromatic carbocycles. The number of rotatable bonds is 3. The Kier molecular flexibility index (Phi) is 3.63. The molecule has 0 fully saturated rings. The first-order valence-corrected chi connectivity index (χ1v) is 5.72.